The minimum absolute atomic E-state index is 0.0870. The monoisotopic (exact) mass is 437 g/mol. The maximum Gasteiger partial charge on any atom is 0.250 e. The molecule has 6 heteroatoms. The fourth-order valence-electron chi connectivity index (χ4n) is 2.98. The smallest absolute Gasteiger partial charge is 0.250 e. The molecule has 0 aromatic heterocycles. The van der Waals surface area contributed by atoms with E-state index in [0.717, 1.165) is 21.4 Å². The van der Waals surface area contributed by atoms with Gasteiger partial charge in [-0.2, -0.15) is 0 Å². The second kappa shape index (κ2) is 8.71. The van der Waals surface area contributed by atoms with Gasteiger partial charge >= 0.3 is 0 Å². The second-order valence-electron chi connectivity index (χ2n) is 6.24. The molecule has 142 valence electrons. The summed E-state index contributed by atoms with van der Waals surface area (Å²) in [5.74, 6) is -0.565. The van der Waals surface area contributed by atoms with Crippen molar-refractivity contribution < 1.29 is 9.59 Å². The number of amides is 2. The van der Waals surface area contributed by atoms with Gasteiger partial charge in [0.05, 0.1) is 11.3 Å². The molecule has 0 fully saturated rings. The van der Waals surface area contributed by atoms with Crippen LogP contribution in [-0.4, -0.2) is 11.8 Å². The van der Waals surface area contributed by atoms with Crippen molar-refractivity contribution in [3.05, 3.63) is 88.4 Å². The molecular weight excluding hydrogens is 418 g/mol. The number of nitrogens with zero attached hydrogens (tertiary/aromatic N) is 1. The van der Waals surface area contributed by atoms with Crippen LogP contribution < -0.4 is 16.0 Å². The van der Waals surface area contributed by atoms with E-state index in [2.05, 4.69) is 21.2 Å². The second-order valence-corrected chi connectivity index (χ2v) is 7.09. The number of hydrogen-bond donors (Lipinski definition) is 2. The summed E-state index contributed by atoms with van der Waals surface area (Å²) in [4.78, 5) is 25.6. The van der Waals surface area contributed by atoms with Crippen LogP contribution in [0.4, 0.5) is 17.1 Å². The van der Waals surface area contributed by atoms with Crippen LogP contribution in [0.15, 0.2) is 77.3 Å². The first-order valence-electron chi connectivity index (χ1n) is 8.74. The molecule has 0 aliphatic carbocycles. The first-order valence-corrected chi connectivity index (χ1v) is 9.53. The number of nitrogens with two attached hydrogens (primary N) is 1. The molecule has 0 aliphatic rings. The molecule has 0 heterocycles. The Bertz CT molecular complexity index is 1020. The largest absolute Gasteiger partial charge is 0.380 e. The molecule has 3 aromatic carbocycles. The normalized spacial score (nSPS) is 10.4. The van der Waals surface area contributed by atoms with Crippen LogP contribution in [0.5, 0.6) is 0 Å². The number of carbonyl (C=O) groups is 2. The molecule has 28 heavy (non-hydrogen) atoms. The van der Waals surface area contributed by atoms with E-state index in [1.165, 1.54) is 6.92 Å². The molecule has 0 radical (unpaired) electrons. The Morgan fingerprint density at radius 2 is 1.71 bits per heavy atom. The van der Waals surface area contributed by atoms with Crippen molar-refractivity contribution >= 4 is 44.8 Å². The van der Waals surface area contributed by atoms with Gasteiger partial charge in [-0.15, -0.1) is 0 Å². The highest BCUT2D eigenvalue weighted by molar-refractivity contribution is 9.10. The fraction of sp³-hybridized carbons (Fsp3) is 0.0909. The van der Waals surface area contributed by atoms with E-state index in [9.17, 15) is 9.59 Å². The zero-order valence-electron chi connectivity index (χ0n) is 15.4. The molecule has 3 rings (SSSR count). The van der Waals surface area contributed by atoms with Gasteiger partial charge in [0, 0.05) is 29.3 Å². The lowest BCUT2D eigenvalue weighted by Gasteiger charge is -2.23. The summed E-state index contributed by atoms with van der Waals surface area (Å²) in [7, 11) is 0. The van der Waals surface area contributed by atoms with Crippen molar-refractivity contribution in [3.8, 4) is 0 Å². The van der Waals surface area contributed by atoms with Gasteiger partial charge in [0.2, 0.25) is 5.91 Å². The van der Waals surface area contributed by atoms with Crippen molar-refractivity contribution in [1.82, 2.24) is 0 Å². The highest BCUT2D eigenvalue weighted by atomic mass is 79.9. The summed E-state index contributed by atoms with van der Waals surface area (Å²) in [6.07, 6.45) is 0. The van der Waals surface area contributed by atoms with E-state index >= 15 is 0 Å². The molecule has 2 amide bonds. The Balaban J connectivity index is 1.87. The summed E-state index contributed by atoms with van der Waals surface area (Å²) >= 11 is 3.51. The van der Waals surface area contributed by atoms with Crippen LogP contribution >= 0.6 is 15.9 Å². The van der Waals surface area contributed by atoms with E-state index in [-0.39, 0.29) is 5.91 Å². The Morgan fingerprint density at radius 1 is 1.00 bits per heavy atom. The zero-order chi connectivity index (χ0) is 20.1. The molecule has 0 aliphatic heterocycles. The number of anilines is 3. The van der Waals surface area contributed by atoms with Crippen molar-refractivity contribution in [2.45, 2.75) is 13.5 Å². The SMILES string of the molecule is CC(=O)N(c1cccc(CNc2ccccc2C(N)=O)c1)c1ccccc1Br. The van der Waals surface area contributed by atoms with Crippen molar-refractivity contribution in [1.29, 1.82) is 0 Å². The third-order valence-corrected chi connectivity index (χ3v) is 4.92. The van der Waals surface area contributed by atoms with Gasteiger partial charge in [0.1, 0.15) is 0 Å². The topological polar surface area (TPSA) is 75.4 Å². The molecule has 0 saturated heterocycles. The van der Waals surface area contributed by atoms with E-state index in [4.69, 9.17) is 5.73 Å². The van der Waals surface area contributed by atoms with Gasteiger partial charge in [-0.1, -0.05) is 36.4 Å². The standard InChI is InChI=1S/C22H20BrN3O2/c1-15(27)26(21-12-5-3-10-19(21)23)17-8-6-7-16(13-17)14-25-20-11-4-2-9-18(20)22(24)28/h2-13,25H,14H2,1H3,(H2,24,28). The van der Waals surface area contributed by atoms with Crippen LogP contribution in [-0.2, 0) is 11.3 Å². The third kappa shape index (κ3) is 4.40. The Hall–Kier alpha value is -3.12. The molecule has 0 unspecified atom stereocenters. The Morgan fingerprint density at radius 3 is 2.43 bits per heavy atom. The van der Waals surface area contributed by atoms with Crippen LogP contribution in [0.3, 0.4) is 0 Å². The summed E-state index contributed by atoms with van der Waals surface area (Å²) in [6, 6.07) is 22.4. The molecule has 0 atom stereocenters. The molecule has 0 bridgehead atoms. The van der Waals surface area contributed by atoms with E-state index in [1.807, 2.05) is 60.7 Å². The van der Waals surface area contributed by atoms with Gasteiger partial charge in [0.25, 0.3) is 5.91 Å². The lowest BCUT2D eigenvalue weighted by molar-refractivity contribution is -0.115. The number of para-hydroxylation sites is 2. The summed E-state index contributed by atoms with van der Waals surface area (Å²) in [6.45, 7) is 2.02. The predicted molar refractivity (Wildman–Crippen MR) is 116 cm³/mol. The average molecular weight is 438 g/mol. The zero-order valence-corrected chi connectivity index (χ0v) is 16.9. The van der Waals surface area contributed by atoms with Crippen molar-refractivity contribution in [3.63, 3.8) is 0 Å². The van der Waals surface area contributed by atoms with Gasteiger partial charge in [-0.3, -0.25) is 14.5 Å². The summed E-state index contributed by atoms with van der Waals surface area (Å²) in [5, 5.41) is 3.24. The fourth-order valence-corrected chi connectivity index (χ4v) is 3.44. The molecular formula is C22H20BrN3O2. The molecule has 3 N–H and O–H groups in total. The number of carbonyl (C=O) groups excluding carboxylic acids is 2. The van der Waals surface area contributed by atoms with Crippen LogP contribution in [0, 0.1) is 0 Å². The molecule has 0 spiro atoms. The number of halogens is 1. The number of benzene rings is 3. The number of hydrogen-bond acceptors (Lipinski definition) is 3. The minimum atomic E-state index is -0.478. The molecule has 3 aromatic rings. The van der Waals surface area contributed by atoms with Crippen molar-refractivity contribution in [2.24, 2.45) is 5.73 Å². The van der Waals surface area contributed by atoms with Gasteiger partial charge in [-0.25, -0.2) is 0 Å². The highest BCUT2D eigenvalue weighted by Crippen LogP contribution is 2.32. The molecule has 0 saturated carbocycles. The summed E-state index contributed by atoms with van der Waals surface area (Å²) < 4.78 is 0.837. The predicted octanol–water partition coefficient (Wildman–Crippen LogP) is 4.84. The third-order valence-electron chi connectivity index (χ3n) is 4.25. The van der Waals surface area contributed by atoms with Crippen LogP contribution in [0.1, 0.15) is 22.8 Å². The van der Waals surface area contributed by atoms with Gasteiger partial charge in [-0.05, 0) is 57.9 Å². The quantitative estimate of drug-likeness (QED) is 0.578. The van der Waals surface area contributed by atoms with Gasteiger partial charge < -0.3 is 11.1 Å². The lowest BCUT2D eigenvalue weighted by Crippen LogP contribution is -2.23. The van der Waals surface area contributed by atoms with Gasteiger partial charge in [0.15, 0.2) is 0 Å². The maximum atomic E-state index is 12.3. The minimum Gasteiger partial charge on any atom is -0.380 e. The van der Waals surface area contributed by atoms with E-state index in [1.54, 1.807) is 17.0 Å². The summed E-state index contributed by atoms with van der Waals surface area (Å²) in [5.41, 5.74) is 9.06. The first-order chi connectivity index (χ1) is 13.5. The van der Waals surface area contributed by atoms with E-state index in [0.29, 0.717) is 17.8 Å². The number of nitrogens with one attached hydrogen (secondary N) is 1. The first kappa shape index (κ1) is 19.6. The van der Waals surface area contributed by atoms with Crippen molar-refractivity contribution in [2.75, 3.05) is 10.2 Å². The Kier molecular flexibility index (Phi) is 6.11. The molecule has 5 nitrogen and oxygen atoms in total. The number of primary amides is 1. The average Bonchev–Trinajstić information content (AvgIpc) is 2.68. The maximum absolute atomic E-state index is 12.3. The highest BCUT2D eigenvalue weighted by Gasteiger charge is 2.17. The number of rotatable bonds is 6. The van der Waals surface area contributed by atoms with Crippen LogP contribution in [0.2, 0.25) is 0 Å². The Labute approximate surface area is 172 Å². The van der Waals surface area contributed by atoms with E-state index < -0.39 is 5.91 Å². The lowest BCUT2D eigenvalue weighted by atomic mass is 10.1. The van der Waals surface area contributed by atoms with Crippen LogP contribution in [0.25, 0.3) is 0 Å².